The van der Waals surface area contributed by atoms with E-state index in [4.69, 9.17) is 9.47 Å². The second-order valence-corrected chi connectivity index (χ2v) is 9.81. The lowest BCUT2D eigenvalue weighted by Gasteiger charge is -2.25. The van der Waals surface area contributed by atoms with Crippen molar-refractivity contribution in [1.82, 2.24) is 20.1 Å². The molecule has 3 heterocycles. The monoisotopic (exact) mass is 536 g/mol. The number of rotatable bonds is 11. The SMILES string of the molecule is CC/C(=C(/c1ccc(OCCCC/C=C/C(=O)N2CCOCC2)nc1)c1ccc2[nH]ncc2c1)c1ccccc1. The van der Waals surface area contributed by atoms with Crippen LogP contribution in [0.1, 0.15) is 49.3 Å². The molecule has 0 aliphatic carbocycles. The van der Waals surface area contributed by atoms with E-state index in [1.807, 2.05) is 35.5 Å². The maximum atomic E-state index is 12.2. The number of morpholine rings is 1. The van der Waals surface area contributed by atoms with Gasteiger partial charge in [-0.2, -0.15) is 5.10 Å². The van der Waals surface area contributed by atoms with E-state index in [9.17, 15) is 4.79 Å². The van der Waals surface area contributed by atoms with Gasteiger partial charge in [-0.25, -0.2) is 4.98 Å². The Bertz CT molecular complexity index is 1450. The molecule has 1 N–H and O–H groups in total. The molecule has 1 fully saturated rings. The van der Waals surface area contributed by atoms with E-state index < -0.39 is 0 Å². The van der Waals surface area contributed by atoms with E-state index in [0.717, 1.165) is 53.3 Å². The number of nitrogens with zero attached hydrogens (tertiary/aromatic N) is 3. The van der Waals surface area contributed by atoms with Gasteiger partial charge < -0.3 is 14.4 Å². The third-order valence-electron chi connectivity index (χ3n) is 7.13. The number of carbonyl (C=O) groups excluding carboxylic acids is 1. The molecule has 0 spiro atoms. The van der Waals surface area contributed by atoms with E-state index in [1.165, 1.54) is 11.1 Å². The largest absolute Gasteiger partial charge is 0.478 e. The van der Waals surface area contributed by atoms with Crippen LogP contribution in [0, 0.1) is 0 Å². The van der Waals surface area contributed by atoms with Crippen LogP contribution < -0.4 is 4.74 Å². The number of hydrogen-bond donors (Lipinski definition) is 1. The van der Waals surface area contributed by atoms with Gasteiger partial charge in [0.05, 0.1) is 31.5 Å². The molecule has 1 aliphatic rings. The Balaban J connectivity index is 1.23. The molecule has 1 saturated heterocycles. The van der Waals surface area contributed by atoms with Crippen LogP contribution in [-0.2, 0) is 9.53 Å². The second kappa shape index (κ2) is 13.7. The molecule has 5 rings (SSSR count). The van der Waals surface area contributed by atoms with Crippen molar-refractivity contribution < 1.29 is 14.3 Å². The molecule has 1 amide bonds. The molecular formula is C33H36N4O3. The highest BCUT2D eigenvalue weighted by atomic mass is 16.5. The minimum absolute atomic E-state index is 0.0699. The lowest BCUT2D eigenvalue weighted by atomic mass is 9.88. The predicted molar refractivity (Wildman–Crippen MR) is 159 cm³/mol. The molecule has 0 saturated carbocycles. The number of ether oxygens (including phenoxy) is 2. The van der Waals surface area contributed by atoms with Crippen molar-refractivity contribution >= 4 is 28.0 Å². The van der Waals surface area contributed by atoms with Gasteiger partial charge in [0.2, 0.25) is 11.8 Å². The number of H-pyrrole nitrogens is 1. The lowest BCUT2D eigenvalue weighted by Crippen LogP contribution is -2.39. The van der Waals surface area contributed by atoms with Gasteiger partial charge in [0.15, 0.2) is 0 Å². The third-order valence-corrected chi connectivity index (χ3v) is 7.13. The van der Waals surface area contributed by atoms with Crippen LogP contribution >= 0.6 is 0 Å². The maximum absolute atomic E-state index is 12.2. The maximum Gasteiger partial charge on any atom is 0.246 e. The van der Waals surface area contributed by atoms with Crippen molar-refractivity contribution in [2.24, 2.45) is 0 Å². The first-order chi connectivity index (χ1) is 19.7. The Morgan fingerprint density at radius 2 is 1.82 bits per heavy atom. The number of hydrogen-bond acceptors (Lipinski definition) is 5. The van der Waals surface area contributed by atoms with Crippen molar-refractivity contribution in [2.75, 3.05) is 32.9 Å². The molecule has 206 valence electrons. The summed E-state index contributed by atoms with van der Waals surface area (Å²) in [4.78, 5) is 18.6. The Morgan fingerprint density at radius 3 is 2.60 bits per heavy atom. The smallest absolute Gasteiger partial charge is 0.246 e. The molecule has 7 nitrogen and oxygen atoms in total. The van der Waals surface area contributed by atoms with Crippen molar-refractivity contribution in [3.05, 3.63) is 102 Å². The number of aromatic amines is 1. The molecular weight excluding hydrogens is 500 g/mol. The van der Waals surface area contributed by atoms with Crippen LogP contribution in [0.3, 0.4) is 0 Å². The number of allylic oxidation sites excluding steroid dienone is 2. The van der Waals surface area contributed by atoms with Gasteiger partial charge in [-0.05, 0) is 72.2 Å². The van der Waals surface area contributed by atoms with Crippen molar-refractivity contribution in [3.8, 4) is 5.88 Å². The third kappa shape index (κ3) is 6.85. The Kier molecular flexibility index (Phi) is 9.37. The highest BCUT2D eigenvalue weighted by molar-refractivity contribution is 6.00. The average Bonchev–Trinajstić information content (AvgIpc) is 3.49. The van der Waals surface area contributed by atoms with Crippen LogP contribution in [0.15, 0.2) is 85.2 Å². The molecule has 40 heavy (non-hydrogen) atoms. The van der Waals surface area contributed by atoms with Gasteiger partial charge in [-0.3, -0.25) is 9.89 Å². The Morgan fingerprint density at radius 1 is 1.00 bits per heavy atom. The van der Waals surface area contributed by atoms with Crippen LogP contribution in [0.5, 0.6) is 5.88 Å². The van der Waals surface area contributed by atoms with E-state index >= 15 is 0 Å². The van der Waals surface area contributed by atoms with E-state index in [-0.39, 0.29) is 5.91 Å². The fraction of sp³-hybridized carbons (Fsp3) is 0.303. The van der Waals surface area contributed by atoms with Gasteiger partial charge in [0.1, 0.15) is 0 Å². The number of benzene rings is 2. The first-order valence-electron chi connectivity index (χ1n) is 14.1. The summed E-state index contributed by atoms with van der Waals surface area (Å²) in [6.45, 7) is 5.37. The quantitative estimate of drug-likeness (QED) is 0.138. The number of unbranched alkanes of at least 4 members (excludes halogenated alkanes) is 2. The van der Waals surface area contributed by atoms with E-state index in [1.54, 1.807) is 6.08 Å². The van der Waals surface area contributed by atoms with Crippen molar-refractivity contribution in [3.63, 3.8) is 0 Å². The normalized spacial score (nSPS) is 14.5. The van der Waals surface area contributed by atoms with Crippen LogP contribution in [0.2, 0.25) is 0 Å². The summed E-state index contributed by atoms with van der Waals surface area (Å²) in [5.41, 5.74) is 6.82. The van der Waals surface area contributed by atoms with Gasteiger partial charge in [0.25, 0.3) is 0 Å². The Hall–Kier alpha value is -4.23. The first kappa shape index (κ1) is 27.3. The van der Waals surface area contributed by atoms with Gasteiger partial charge in [0, 0.05) is 36.3 Å². The van der Waals surface area contributed by atoms with Crippen LogP contribution in [0.4, 0.5) is 0 Å². The summed E-state index contributed by atoms with van der Waals surface area (Å²) in [6, 6.07) is 21.0. The number of carbonyl (C=O) groups is 1. The second-order valence-electron chi connectivity index (χ2n) is 9.81. The summed E-state index contributed by atoms with van der Waals surface area (Å²) >= 11 is 0. The summed E-state index contributed by atoms with van der Waals surface area (Å²) in [5, 5.41) is 8.31. The zero-order valence-corrected chi connectivity index (χ0v) is 23.0. The fourth-order valence-electron chi connectivity index (χ4n) is 5.01. The fourth-order valence-corrected chi connectivity index (χ4v) is 5.01. The minimum Gasteiger partial charge on any atom is -0.478 e. The molecule has 0 radical (unpaired) electrons. The van der Waals surface area contributed by atoms with Crippen LogP contribution in [-0.4, -0.2) is 58.9 Å². The number of amides is 1. The average molecular weight is 537 g/mol. The zero-order chi connectivity index (χ0) is 27.6. The molecule has 0 atom stereocenters. The number of nitrogens with one attached hydrogen (secondary N) is 1. The summed E-state index contributed by atoms with van der Waals surface area (Å²) in [6.07, 6.45) is 11.0. The predicted octanol–water partition coefficient (Wildman–Crippen LogP) is 6.29. The van der Waals surface area contributed by atoms with Crippen molar-refractivity contribution in [2.45, 2.75) is 32.6 Å². The van der Waals surface area contributed by atoms with Crippen molar-refractivity contribution in [1.29, 1.82) is 0 Å². The topological polar surface area (TPSA) is 80.3 Å². The molecule has 4 aromatic rings. The summed E-state index contributed by atoms with van der Waals surface area (Å²) in [7, 11) is 0. The molecule has 7 heteroatoms. The van der Waals surface area contributed by atoms with E-state index in [0.29, 0.717) is 38.8 Å². The highest BCUT2D eigenvalue weighted by Crippen LogP contribution is 2.35. The lowest BCUT2D eigenvalue weighted by molar-refractivity contribution is -0.129. The summed E-state index contributed by atoms with van der Waals surface area (Å²) in [5.74, 6) is 0.685. The van der Waals surface area contributed by atoms with Crippen LogP contribution in [0.25, 0.3) is 22.0 Å². The highest BCUT2D eigenvalue weighted by Gasteiger charge is 2.15. The summed E-state index contributed by atoms with van der Waals surface area (Å²) < 4.78 is 11.2. The number of fused-ring (bicyclic) bond motifs is 1. The van der Waals surface area contributed by atoms with E-state index in [2.05, 4.69) is 70.6 Å². The molecule has 0 unspecified atom stereocenters. The van der Waals surface area contributed by atoms with Gasteiger partial charge >= 0.3 is 0 Å². The molecule has 2 aromatic heterocycles. The standard InChI is InChI=1S/C33H36N4O3/c1-2-29(25-10-6-5-7-11-25)33(26-13-15-30-28(22-26)24-35-36-30)27-14-16-31(34-23-27)40-19-9-4-3-8-12-32(38)37-17-20-39-21-18-37/h5-8,10-16,22-24H,2-4,9,17-21H2,1H3,(H,35,36)/b12-8+,33-29-. The number of pyridine rings is 1. The molecule has 0 bridgehead atoms. The zero-order valence-electron chi connectivity index (χ0n) is 23.0. The van der Waals surface area contributed by atoms with Gasteiger partial charge in [-0.1, -0.05) is 49.4 Å². The minimum atomic E-state index is 0.0699. The van der Waals surface area contributed by atoms with Gasteiger partial charge in [-0.15, -0.1) is 0 Å². The molecule has 2 aromatic carbocycles. The first-order valence-corrected chi connectivity index (χ1v) is 14.1. The number of aromatic nitrogens is 3. The molecule has 1 aliphatic heterocycles. The Labute approximate surface area is 235 Å².